The standard InChI is InChI=1S/C19H28N2/c1-2-3-14-21-15-18(17-10-6-4-7-11-17)20-16-19(21)12-8-5-9-13-19/h2-4,6-7,10-11,18,20H,5,8-9,12-16H2,1H3/b3-2+. The van der Waals surface area contributed by atoms with Crippen LogP contribution in [0.25, 0.3) is 0 Å². The van der Waals surface area contributed by atoms with Gasteiger partial charge < -0.3 is 5.32 Å². The molecule has 1 aromatic carbocycles. The topological polar surface area (TPSA) is 15.3 Å². The first kappa shape index (κ1) is 14.8. The lowest BCUT2D eigenvalue weighted by atomic mass is 9.78. The Hall–Kier alpha value is -1.12. The second-order valence-electron chi connectivity index (χ2n) is 6.60. The van der Waals surface area contributed by atoms with E-state index in [9.17, 15) is 0 Å². The van der Waals surface area contributed by atoms with Crippen LogP contribution in [0, 0.1) is 0 Å². The van der Waals surface area contributed by atoms with Gasteiger partial charge >= 0.3 is 0 Å². The quantitative estimate of drug-likeness (QED) is 0.847. The third-order valence-corrected chi connectivity index (χ3v) is 5.30. The summed E-state index contributed by atoms with van der Waals surface area (Å²) in [6.45, 7) is 5.50. The summed E-state index contributed by atoms with van der Waals surface area (Å²) in [4.78, 5) is 2.75. The van der Waals surface area contributed by atoms with Crippen LogP contribution in [0.15, 0.2) is 42.5 Å². The van der Waals surface area contributed by atoms with E-state index in [1.165, 1.54) is 37.7 Å². The highest BCUT2D eigenvalue weighted by atomic mass is 15.3. The van der Waals surface area contributed by atoms with Crippen LogP contribution < -0.4 is 5.32 Å². The maximum atomic E-state index is 3.84. The van der Waals surface area contributed by atoms with Crippen LogP contribution in [-0.4, -0.2) is 30.1 Å². The van der Waals surface area contributed by atoms with Gasteiger partial charge in [0.1, 0.15) is 0 Å². The number of nitrogens with one attached hydrogen (secondary N) is 1. The third kappa shape index (κ3) is 3.22. The second kappa shape index (κ2) is 6.76. The number of nitrogens with zero attached hydrogens (tertiary/aromatic N) is 1. The van der Waals surface area contributed by atoms with E-state index in [2.05, 4.69) is 59.6 Å². The summed E-state index contributed by atoms with van der Waals surface area (Å²) in [5.41, 5.74) is 1.83. The van der Waals surface area contributed by atoms with Crippen molar-refractivity contribution in [3.05, 3.63) is 48.0 Å². The molecule has 1 aliphatic heterocycles. The Morgan fingerprint density at radius 1 is 1.19 bits per heavy atom. The minimum Gasteiger partial charge on any atom is -0.307 e. The largest absolute Gasteiger partial charge is 0.307 e. The van der Waals surface area contributed by atoms with Crippen LogP contribution in [0.2, 0.25) is 0 Å². The maximum Gasteiger partial charge on any atom is 0.0450 e. The fourth-order valence-corrected chi connectivity index (χ4v) is 4.02. The average Bonchev–Trinajstić information content (AvgIpc) is 2.56. The van der Waals surface area contributed by atoms with Crippen LogP contribution in [0.1, 0.15) is 50.6 Å². The van der Waals surface area contributed by atoms with E-state index in [0.717, 1.165) is 19.6 Å². The van der Waals surface area contributed by atoms with Crippen molar-refractivity contribution in [2.75, 3.05) is 19.6 Å². The summed E-state index contributed by atoms with van der Waals surface area (Å²) in [6, 6.07) is 11.4. The number of hydrogen-bond donors (Lipinski definition) is 1. The normalized spacial score (nSPS) is 26.4. The highest BCUT2D eigenvalue weighted by Gasteiger charge is 2.41. The molecule has 1 atom stereocenters. The first-order valence-corrected chi connectivity index (χ1v) is 8.49. The van der Waals surface area contributed by atoms with Gasteiger partial charge in [-0.15, -0.1) is 0 Å². The SMILES string of the molecule is C/C=C/CN1CC(c2ccccc2)NCC12CCCCC2. The summed E-state index contributed by atoms with van der Waals surface area (Å²) < 4.78 is 0. The zero-order valence-electron chi connectivity index (χ0n) is 13.2. The van der Waals surface area contributed by atoms with E-state index in [-0.39, 0.29) is 0 Å². The Bertz CT molecular complexity index is 460. The molecular weight excluding hydrogens is 256 g/mol. The minimum atomic E-state index is 0.406. The van der Waals surface area contributed by atoms with Crippen molar-refractivity contribution in [3.8, 4) is 0 Å². The van der Waals surface area contributed by atoms with Gasteiger partial charge in [-0.05, 0) is 25.3 Å². The lowest BCUT2D eigenvalue weighted by Gasteiger charge is -2.52. The molecule has 1 N–H and O–H groups in total. The number of benzene rings is 1. The van der Waals surface area contributed by atoms with Gasteiger partial charge in [0.2, 0.25) is 0 Å². The summed E-state index contributed by atoms with van der Waals surface area (Å²) in [7, 11) is 0. The van der Waals surface area contributed by atoms with Crippen molar-refractivity contribution >= 4 is 0 Å². The fourth-order valence-electron chi connectivity index (χ4n) is 4.02. The zero-order valence-corrected chi connectivity index (χ0v) is 13.2. The Morgan fingerprint density at radius 2 is 1.95 bits per heavy atom. The average molecular weight is 284 g/mol. The molecule has 21 heavy (non-hydrogen) atoms. The Labute approximate surface area is 129 Å². The Morgan fingerprint density at radius 3 is 2.67 bits per heavy atom. The summed E-state index contributed by atoms with van der Waals surface area (Å²) in [5, 5.41) is 3.84. The molecule has 2 fully saturated rings. The molecule has 1 aromatic rings. The smallest absolute Gasteiger partial charge is 0.0450 e. The predicted octanol–water partition coefficient (Wildman–Crippen LogP) is 3.91. The molecular formula is C19H28N2. The van der Waals surface area contributed by atoms with Crippen molar-refractivity contribution in [1.29, 1.82) is 0 Å². The molecule has 0 aromatic heterocycles. The Kier molecular flexibility index (Phi) is 4.77. The molecule has 3 rings (SSSR count). The van der Waals surface area contributed by atoms with Crippen molar-refractivity contribution in [1.82, 2.24) is 10.2 Å². The van der Waals surface area contributed by atoms with Crippen LogP contribution in [0.3, 0.4) is 0 Å². The lowest BCUT2D eigenvalue weighted by molar-refractivity contribution is 0.0189. The molecule has 0 amide bonds. The first-order chi connectivity index (χ1) is 10.3. The minimum absolute atomic E-state index is 0.406. The van der Waals surface area contributed by atoms with Gasteiger partial charge in [0.15, 0.2) is 0 Å². The molecule has 1 aliphatic carbocycles. The van der Waals surface area contributed by atoms with Gasteiger partial charge in [-0.25, -0.2) is 0 Å². The van der Waals surface area contributed by atoms with E-state index in [1.807, 2.05) is 0 Å². The summed E-state index contributed by atoms with van der Waals surface area (Å²) in [6.07, 6.45) is 11.4. The maximum absolute atomic E-state index is 3.84. The molecule has 0 radical (unpaired) electrons. The van der Waals surface area contributed by atoms with Crippen LogP contribution in [0.5, 0.6) is 0 Å². The number of hydrogen-bond acceptors (Lipinski definition) is 2. The van der Waals surface area contributed by atoms with E-state index >= 15 is 0 Å². The second-order valence-corrected chi connectivity index (χ2v) is 6.60. The highest BCUT2D eigenvalue weighted by molar-refractivity contribution is 5.21. The molecule has 1 heterocycles. The monoisotopic (exact) mass is 284 g/mol. The molecule has 1 saturated heterocycles. The molecule has 0 bridgehead atoms. The van der Waals surface area contributed by atoms with Gasteiger partial charge in [-0.3, -0.25) is 4.90 Å². The highest BCUT2D eigenvalue weighted by Crippen LogP contribution is 2.37. The molecule has 1 unspecified atom stereocenters. The molecule has 1 saturated carbocycles. The summed E-state index contributed by atoms with van der Waals surface area (Å²) in [5.74, 6) is 0. The van der Waals surface area contributed by atoms with Crippen LogP contribution in [0.4, 0.5) is 0 Å². The molecule has 1 spiro atoms. The van der Waals surface area contributed by atoms with Gasteiger partial charge in [-0.2, -0.15) is 0 Å². The van der Waals surface area contributed by atoms with Crippen molar-refractivity contribution < 1.29 is 0 Å². The lowest BCUT2D eigenvalue weighted by Crippen LogP contribution is -2.62. The van der Waals surface area contributed by atoms with E-state index in [0.29, 0.717) is 11.6 Å². The number of allylic oxidation sites excluding steroid dienone is 1. The van der Waals surface area contributed by atoms with E-state index in [4.69, 9.17) is 0 Å². The van der Waals surface area contributed by atoms with Crippen LogP contribution >= 0.6 is 0 Å². The fraction of sp³-hybridized carbons (Fsp3) is 0.579. The molecule has 2 heteroatoms. The zero-order chi connectivity index (χ0) is 14.5. The summed E-state index contributed by atoms with van der Waals surface area (Å²) >= 11 is 0. The third-order valence-electron chi connectivity index (χ3n) is 5.30. The molecule has 114 valence electrons. The predicted molar refractivity (Wildman–Crippen MR) is 89.4 cm³/mol. The van der Waals surface area contributed by atoms with Gasteiger partial charge in [-0.1, -0.05) is 61.7 Å². The molecule has 2 nitrogen and oxygen atoms in total. The van der Waals surface area contributed by atoms with Gasteiger partial charge in [0.05, 0.1) is 0 Å². The van der Waals surface area contributed by atoms with Crippen molar-refractivity contribution in [2.45, 2.75) is 50.6 Å². The first-order valence-electron chi connectivity index (χ1n) is 8.49. The number of rotatable bonds is 3. The van der Waals surface area contributed by atoms with Crippen LogP contribution in [-0.2, 0) is 0 Å². The van der Waals surface area contributed by atoms with Crippen molar-refractivity contribution in [2.24, 2.45) is 0 Å². The van der Waals surface area contributed by atoms with E-state index in [1.54, 1.807) is 0 Å². The molecule has 2 aliphatic rings. The van der Waals surface area contributed by atoms with Crippen molar-refractivity contribution in [3.63, 3.8) is 0 Å². The van der Waals surface area contributed by atoms with E-state index < -0.39 is 0 Å². The van der Waals surface area contributed by atoms with Gasteiger partial charge in [0.25, 0.3) is 0 Å². The number of piperazine rings is 1. The van der Waals surface area contributed by atoms with Gasteiger partial charge in [0, 0.05) is 31.2 Å². The Balaban J connectivity index is 1.77.